The van der Waals surface area contributed by atoms with Gasteiger partial charge in [-0.25, -0.2) is 9.97 Å². The molecule has 0 radical (unpaired) electrons. The summed E-state index contributed by atoms with van der Waals surface area (Å²) >= 11 is 9.36. The van der Waals surface area contributed by atoms with Crippen LogP contribution in [0.2, 0.25) is 5.02 Å². The number of carbonyl (C=O) groups excluding carboxylic acids is 1. The molecule has 3 aromatic rings. The number of carbonyl (C=O) groups is 1. The normalized spacial score (nSPS) is 15.9. The van der Waals surface area contributed by atoms with E-state index >= 15 is 0 Å². The number of halogens is 1. The highest BCUT2D eigenvalue weighted by Crippen LogP contribution is 2.31. The fourth-order valence-electron chi connectivity index (χ4n) is 3.21. The zero-order valence-electron chi connectivity index (χ0n) is 14.8. The van der Waals surface area contributed by atoms with Crippen LogP contribution in [0, 0.1) is 0 Å². The molecular formula is C19H19ClN4OS2. The van der Waals surface area contributed by atoms with Crippen LogP contribution in [0.3, 0.4) is 0 Å². The summed E-state index contributed by atoms with van der Waals surface area (Å²) < 4.78 is 0. The minimum Gasteiger partial charge on any atom is -0.352 e. The predicted molar refractivity (Wildman–Crippen MR) is 113 cm³/mol. The quantitative estimate of drug-likeness (QED) is 0.595. The molecular weight excluding hydrogens is 400 g/mol. The number of thioether (sulfide) groups is 1. The van der Waals surface area contributed by atoms with Gasteiger partial charge in [-0.1, -0.05) is 23.7 Å². The fraction of sp³-hybridized carbons (Fsp3) is 0.316. The molecule has 1 atom stereocenters. The van der Waals surface area contributed by atoms with Gasteiger partial charge in [-0.15, -0.1) is 23.1 Å². The zero-order chi connectivity index (χ0) is 18.8. The second-order valence-electron chi connectivity index (χ2n) is 6.34. The fourth-order valence-corrected chi connectivity index (χ4v) is 5.17. The Hall–Kier alpha value is -1.83. The van der Waals surface area contributed by atoms with Crippen molar-refractivity contribution in [3.8, 4) is 0 Å². The van der Waals surface area contributed by atoms with Crippen molar-refractivity contribution < 1.29 is 4.79 Å². The SMILES string of the molecule is CC(Sc1ccccc1Cl)C(=O)N1CCN(c2ncnc3sccc23)CC1. The van der Waals surface area contributed by atoms with Crippen LogP contribution < -0.4 is 4.90 Å². The van der Waals surface area contributed by atoms with Gasteiger partial charge in [0.15, 0.2) is 0 Å². The van der Waals surface area contributed by atoms with E-state index in [1.165, 1.54) is 11.8 Å². The van der Waals surface area contributed by atoms with Gasteiger partial charge in [-0.3, -0.25) is 4.79 Å². The van der Waals surface area contributed by atoms with Crippen molar-refractivity contribution in [2.24, 2.45) is 0 Å². The van der Waals surface area contributed by atoms with E-state index in [-0.39, 0.29) is 11.2 Å². The smallest absolute Gasteiger partial charge is 0.235 e. The van der Waals surface area contributed by atoms with Crippen molar-refractivity contribution in [2.75, 3.05) is 31.1 Å². The lowest BCUT2D eigenvalue weighted by Crippen LogP contribution is -2.51. The number of anilines is 1. The summed E-state index contributed by atoms with van der Waals surface area (Å²) in [5, 5.41) is 3.65. The third-order valence-electron chi connectivity index (χ3n) is 4.62. The van der Waals surface area contributed by atoms with Crippen LogP contribution in [-0.2, 0) is 4.79 Å². The van der Waals surface area contributed by atoms with Gasteiger partial charge in [0, 0.05) is 31.1 Å². The topological polar surface area (TPSA) is 49.3 Å². The van der Waals surface area contributed by atoms with Gasteiger partial charge in [0.25, 0.3) is 0 Å². The highest BCUT2D eigenvalue weighted by molar-refractivity contribution is 8.00. The molecule has 0 spiro atoms. The summed E-state index contributed by atoms with van der Waals surface area (Å²) in [6.45, 7) is 4.89. The summed E-state index contributed by atoms with van der Waals surface area (Å²) in [5.74, 6) is 1.12. The third kappa shape index (κ3) is 3.90. The Bertz CT molecular complexity index is 956. The minimum absolute atomic E-state index is 0.155. The predicted octanol–water partition coefficient (Wildman–Crippen LogP) is 4.17. The van der Waals surface area contributed by atoms with Crippen LogP contribution >= 0.6 is 34.7 Å². The second kappa shape index (κ2) is 8.04. The van der Waals surface area contributed by atoms with Crippen molar-refractivity contribution >= 4 is 56.6 Å². The Balaban J connectivity index is 1.39. The Morgan fingerprint density at radius 1 is 1.19 bits per heavy atom. The molecule has 2 aromatic heterocycles. The molecule has 0 N–H and O–H groups in total. The molecule has 1 aliphatic heterocycles. The minimum atomic E-state index is -0.168. The van der Waals surface area contributed by atoms with Gasteiger partial charge in [-0.05, 0) is 30.5 Å². The molecule has 8 heteroatoms. The Morgan fingerprint density at radius 3 is 2.74 bits per heavy atom. The number of rotatable bonds is 4. The number of benzene rings is 1. The van der Waals surface area contributed by atoms with Crippen molar-refractivity contribution in [2.45, 2.75) is 17.1 Å². The summed E-state index contributed by atoms with van der Waals surface area (Å²) in [4.78, 5) is 27.8. The summed E-state index contributed by atoms with van der Waals surface area (Å²) in [5.41, 5.74) is 0. The van der Waals surface area contributed by atoms with Crippen molar-refractivity contribution in [3.05, 3.63) is 47.1 Å². The van der Waals surface area contributed by atoms with E-state index in [0.29, 0.717) is 18.1 Å². The van der Waals surface area contributed by atoms with E-state index in [0.717, 1.165) is 34.0 Å². The van der Waals surface area contributed by atoms with Gasteiger partial charge in [0.05, 0.1) is 15.7 Å². The van der Waals surface area contributed by atoms with Gasteiger partial charge in [0.2, 0.25) is 5.91 Å². The molecule has 1 fully saturated rings. The van der Waals surface area contributed by atoms with Crippen LogP contribution in [0.15, 0.2) is 46.9 Å². The average Bonchev–Trinajstić information content (AvgIpc) is 3.18. The maximum absolute atomic E-state index is 12.8. The molecule has 1 aliphatic rings. The number of fused-ring (bicyclic) bond motifs is 1. The molecule has 4 rings (SSSR count). The molecule has 5 nitrogen and oxygen atoms in total. The van der Waals surface area contributed by atoms with Crippen LogP contribution in [0.25, 0.3) is 10.2 Å². The highest BCUT2D eigenvalue weighted by Gasteiger charge is 2.27. The number of nitrogens with zero attached hydrogens (tertiary/aromatic N) is 4. The lowest BCUT2D eigenvalue weighted by atomic mass is 10.2. The van der Waals surface area contributed by atoms with E-state index in [2.05, 4.69) is 20.9 Å². The first-order valence-corrected chi connectivity index (χ1v) is 10.9. The van der Waals surface area contributed by atoms with Crippen LogP contribution in [0.1, 0.15) is 6.92 Å². The number of piperazine rings is 1. The van der Waals surface area contributed by atoms with Gasteiger partial charge < -0.3 is 9.80 Å². The maximum atomic E-state index is 12.8. The van der Waals surface area contributed by atoms with Gasteiger partial charge >= 0.3 is 0 Å². The van der Waals surface area contributed by atoms with E-state index in [4.69, 9.17) is 11.6 Å². The van der Waals surface area contributed by atoms with Gasteiger partial charge in [0.1, 0.15) is 17.0 Å². The lowest BCUT2D eigenvalue weighted by Gasteiger charge is -2.36. The van der Waals surface area contributed by atoms with Crippen molar-refractivity contribution in [1.29, 1.82) is 0 Å². The average molecular weight is 419 g/mol. The Labute approximate surface area is 171 Å². The van der Waals surface area contributed by atoms with E-state index < -0.39 is 0 Å². The number of amides is 1. The lowest BCUT2D eigenvalue weighted by molar-refractivity contribution is -0.130. The van der Waals surface area contributed by atoms with Gasteiger partial charge in [-0.2, -0.15) is 0 Å². The second-order valence-corrected chi connectivity index (χ2v) is 9.02. The summed E-state index contributed by atoms with van der Waals surface area (Å²) in [6, 6.07) is 9.71. The standard InChI is InChI=1S/C19H19ClN4OS2/c1-13(27-16-5-3-2-4-15(16)20)19(25)24-9-7-23(8-10-24)17-14-6-11-26-18(14)22-12-21-17/h2-6,11-13H,7-10H2,1H3. The molecule has 1 amide bonds. The Morgan fingerprint density at radius 2 is 1.96 bits per heavy atom. The first kappa shape index (κ1) is 18.5. The largest absolute Gasteiger partial charge is 0.352 e. The van der Waals surface area contributed by atoms with Crippen molar-refractivity contribution in [1.82, 2.24) is 14.9 Å². The van der Waals surface area contributed by atoms with Crippen LogP contribution in [0.4, 0.5) is 5.82 Å². The molecule has 0 saturated carbocycles. The molecule has 1 unspecified atom stereocenters. The number of hydrogen-bond acceptors (Lipinski definition) is 6. The number of hydrogen-bond donors (Lipinski definition) is 0. The first-order chi connectivity index (χ1) is 13.1. The Kier molecular flexibility index (Phi) is 5.52. The molecule has 3 heterocycles. The van der Waals surface area contributed by atoms with Crippen LogP contribution in [-0.4, -0.2) is 52.2 Å². The monoisotopic (exact) mass is 418 g/mol. The molecule has 140 valence electrons. The molecule has 1 saturated heterocycles. The van der Waals surface area contributed by atoms with E-state index in [1.54, 1.807) is 17.7 Å². The maximum Gasteiger partial charge on any atom is 0.235 e. The molecule has 1 aromatic carbocycles. The van der Waals surface area contributed by atoms with Crippen LogP contribution in [0.5, 0.6) is 0 Å². The highest BCUT2D eigenvalue weighted by atomic mass is 35.5. The molecule has 0 aliphatic carbocycles. The van der Waals surface area contributed by atoms with E-state index in [9.17, 15) is 4.79 Å². The first-order valence-electron chi connectivity index (χ1n) is 8.76. The summed E-state index contributed by atoms with van der Waals surface area (Å²) in [6.07, 6.45) is 1.62. The number of aromatic nitrogens is 2. The third-order valence-corrected chi connectivity index (χ3v) is 7.05. The van der Waals surface area contributed by atoms with E-state index in [1.807, 2.05) is 41.5 Å². The number of thiophene rings is 1. The molecule has 27 heavy (non-hydrogen) atoms. The molecule has 0 bridgehead atoms. The summed E-state index contributed by atoms with van der Waals surface area (Å²) in [7, 11) is 0. The van der Waals surface area contributed by atoms with Crippen molar-refractivity contribution in [3.63, 3.8) is 0 Å². The zero-order valence-corrected chi connectivity index (χ0v) is 17.2.